The molecule has 0 aliphatic carbocycles. The highest BCUT2D eigenvalue weighted by molar-refractivity contribution is 7.98. The summed E-state index contributed by atoms with van der Waals surface area (Å²) < 4.78 is 6.51. The highest BCUT2D eigenvalue weighted by Gasteiger charge is 2.14. The van der Waals surface area contributed by atoms with Gasteiger partial charge in [0, 0.05) is 26.0 Å². The van der Waals surface area contributed by atoms with E-state index < -0.39 is 0 Å². The van der Waals surface area contributed by atoms with Crippen molar-refractivity contribution >= 4 is 34.9 Å². The van der Waals surface area contributed by atoms with Crippen LogP contribution in [0.25, 0.3) is 16.6 Å². The second-order valence-electron chi connectivity index (χ2n) is 5.92. The Morgan fingerprint density at radius 3 is 2.88 bits per heavy atom. The van der Waals surface area contributed by atoms with Crippen LogP contribution in [0.3, 0.4) is 0 Å². The standard InChI is InChI=1S/C19H24N4S/c1-7-9-14(3)16-11-17-19(23(10-8-2)15(4)21-17)18(12-16)24-20-13-22(5)6/h2,11-13H,3,7,9-10H2,1,4-6H3/b20-13+. The zero-order valence-corrected chi connectivity index (χ0v) is 15.7. The molecule has 0 saturated heterocycles. The van der Waals surface area contributed by atoms with Crippen molar-refractivity contribution in [1.29, 1.82) is 0 Å². The van der Waals surface area contributed by atoms with Gasteiger partial charge in [-0.1, -0.05) is 25.8 Å². The summed E-state index contributed by atoms with van der Waals surface area (Å²) in [5.41, 5.74) is 4.23. The van der Waals surface area contributed by atoms with Crippen LogP contribution in [0, 0.1) is 19.3 Å². The average Bonchev–Trinajstić information content (AvgIpc) is 2.83. The van der Waals surface area contributed by atoms with Crippen LogP contribution in [0.2, 0.25) is 0 Å². The number of imidazole rings is 1. The maximum atomic E-state index is 5.53. The van der Waals surface area contributed by atoms with Crippen LogP contribution >= 0.6 is 11.9 Å². The lowest BCUT2D eigenvalue weighted by molar-refractivity contribution is 0.645. The topological polar surface area (TPSA) is 33.4 Å². The third-order valence-electron chi connectivity index (χ3n) is 3.64. The van der Waals surface area contributed by atoms with Crippen molar-refractivity contribution in [3.63, 3.8) is 0 Å². The van der Waals surface area contributed by atoms with Gasteiger partial charge in [-0.3, -0.25) is 0 Å². The number of aryl methyl sites for hydroxylation is 1. The highest BCUT2D eigenvalue weighted by Crippen LogP contribution is 2.33. The van der Waals surface area contributed by atoms with E-state index in [-0.39, 0.29) is 0 Å². The first-order chi connectivity index (χ1) is 11.5. The second kappa shape index (κ2) is 8.07. The molecule has 0 amide bonds. The summed E-state index contributed by atoms with van der Waals surface area (Å²) in [6.45, 7) is 8.86. The largest absolute Gasteiger partial charge is 0.368 e. The summed E-state index contributed by atoms with van der Waals surface area (Å²) in [6, 6.07) is 4.25. The molecule has 5 heteroatoms. The third-order valence-corrected chi connectivity index (χ3v) is 4.34. The van der Waals surface area contributed by atoms with Gasteiger partial charge in [-0.25, -0.2) is 9.38 Å². The normalized spacial score (nSPS) is 11.1. The lowest BCUT2D eigenvalue weighted by Gasteiger charge is -2.10. The molecule has 0 aliphatic heterocycles. The predicted octanol–water partition coefficient (Wildman–Crippen LogP) is 4.39. The van der Waals surface area contributed by atoms with E-state index in [0.29, 0.717) is 6.54 Å². The predicted molar refractivity (Wildman–Crippen MR) is 105 cm³/mol. The van der Waals surface area contributed by atoms with Gasteiger partial charge in [-0.15, -0.1) is 6.42 Å². The van der Waals surface area contributed by atoms with Gasteiger partial charge < -0.3 is 9.47 Å². The Bertz CT molecular complexity index is 809. The second-order valence-corrected chi connectivity index (χ2v) is 6.75. The fourth-order valence-electron chi connectivity index (χ4n) is 2.53. The first-order valence-electron chi connectivity index (χ1n) is 7.97. The van der Waals surface area contributed by atoms with Gasteiger partial charge in [0.15, 0.2) is 0 Å². The minimum absolute atomic E-state index is 0.503. The van der Waals surface area contributed by atoms with Crippen molar-refractivity contribution < 1.29 is 0 Å². The summed E-state index contributed by atoms with van der Waals surface area (Å²) in [6.07, 6.45) is 9.37. The third kappa shape index (κ3) is 4.01. The van der Waals surface area contributed by atoms with Gasteiger partial charge in [0.25, 0.3) is 0 Å². The molecule has 2 aromatic rings. The maximum Gasteiger partial charge on any atom is 0.107 e. The van der Waals surface area contributed by atoms with E-state index in [4.69, 9.17) is 6.42 Å². The fraction of sp³-hybridized carbons (Fsp3) is 0.368. The zero-order valence-electron chi connectivity index (χ0n) is 14.8. The first-order valence-corrected chi connectivity index (χ1v) is 8.74. The Balaban J connectivity index is 2.59. The molecule has 126 valence electrons. The van der Waals surface area contributed by atoms with Crippen LogP contribution in [-0.4, -0.2) is 34.9 Å². The van der Waals surface area contributed by atoms with Gasteiger partial charge >= 0.3 is 0 Å². The number of aromatic nitrogens is 2. The molecule has 0 atom stereocenters. The number of rotatable bonds is 7. The van der Waals surface area contributed by atoms with E-state index in [1.807, 2.05) is 25.9 Å². The number of fused-ring (bicyclic) bond motifs is 1. The lowest BCUT2D eigenvalue weighted by atomic mass is 10.0. The Morgan fingerprint density at radius 1 is 1.50 bits per heavy atom. The molecule has 0 N–H and O–H groups in total. The smallest absolute Gasteiger partial charge is 0.107 e. The van der Waals surface area contributed by atoms with Crippen LogP contribution in [0.15, 0.2) is 28.0 Å². The van der Waals surface area contributed by atoms with E-state index >= 15 is 0 Å². The number of hydrogen-bond acceptors (Lipinski definition) is 3. The lowest BCUT2D eigenvalue weighted by Crippen LogP contribution is -2.06. The molecule has 0 bridgehead atoms. The molecular weight excluding hydrogens is 316 g/mol. The van der Waals surface area contributed by atoms with E-state index in [9.17, 15) is 0 Å². The molecule has 0 radical (unpaired) electrons. The molecule has 2 rings (SSSR count). The van der Waals surface area contributed by atoms with E-state index in [0.717, 1.165) is 45.7 Å². The van der Waals surface area contributed by atoms with Crippen LogP contribution in [0.4, 0.5) is 0 Å². The number of terminal acetylenes is 1. The van der Waals surface area contributed by atoms with Crippen molar-refractivity contribution in [2.24, 2.45) is 4.40 Å². The van der Waals surface area contributed by atoms with Crippen LogP contribution in [0.1, 0.15) is 31.2 Å². The number of allylic oxidation sites excluding steroid dienone is 1. The van der Waals surface area contributed by atoms with E-state index in [1.165, 1.54) is 11.9 Å². The Morgan fingerprint density at radius 2 is 2.25 bits per heavy atom. The highest BCUT2D eigenvalue weighted by atomic mass is 32.2. The van der Waals surface area contributed by atoms with Crippen LogP contribution in [0.5, 0.6) is 0 Å². The molecule has 1 heterocycles. The van der Waals surface area contributed by atoms with E-state index in [2.05, 4.69) is 45.5 Å². The van der Waals surface area contributed by atoms with Gasteiger partial charge in [0.05, 0.1) is 28.8 Å². The van der Waals surface area contributed by atoms with Crippen LogP contribution < -0.4 is 0 Å². The molecule has 0 aliphatic rings. The Kier molecular flexibility index (Phi) is 6.10. The molecule has 0 fully saturated rings. The van der Waals surface area contributed by atoms with Gasteiger partial charge in [0.1, 0.15) is 5.82 Å². The summed E-state index contributed by atoms with van der Waals surface area (Å²) >= 11 is 1.44. The number of benzene rings is 1. The molecule has 24 heavy (non-hydrogen) atoms. The maximum absolute atomic E-state index is 5.53. The monoisotopic (exact) mass is 340 g/mol. The fourth-order valence-corrected chi connectivity index (χ4v) is 3.36. The summed E-state index contributed by atoms with van der Waals surface area (Å²) in [5.74, 6) is 3.63. The zero-order chi connectivity index (χ0) is 17.7. The van der Waals surface area contributed by atoms with Crippen molar-refractivity contribution in [3.05, 3.63) is 30.1 Å². The molecular formula is C19H24N4S. The number of nitrogens with zero attached hydrogens (tertiary/aromatic N) is 4. The summed E-state index contributed by atoms with van der Waals surface area (Å²) in [5, 5.41) is 0. The molecule has 1 aromatic heterocycles. The SMILES string of the molecule is C#CCn1c(C)nc2cc(C(=C)CCC)cc(S/N=C/N(C)C)c21. The van der Waals surface area contributed by atoms with Crippen LogP contribution in [-0.2, 0) is 6.54 Å². The molecule has 0 spiro atoms. The Labute approximate surface area is 148 Å². The number of hydrogen-bond donors (Lipinski definition) is 0. The minimum atomic E-state index is 0.503. The molecule has 4 nitrogen and oxygen atoms in total. The van der Waals surface area contributed by atoms with Crippen molar-refractivity contribution in [1.82, 2.24) is 14.5 Å². The minimum Gasteiger partial charge on any atom is -0.368 e. The average molecular weight is 340 g/mol. The molecule has 1 aromatic carbocycles. The van der Waals surface area contributed by atoms with Gasteiger partial charge in [-0.2, -0.15) is 0 Å². The first kappa shape index (κ1) is 18.2. The molecule has 0 unspecified atom stereocenters. The quantitative estimate of drug-likeness (QED) is 0.324. The van der Waals surface area contributed by atoms with Gasteiger partial charge in [0.2, 0.25) is 0 Å². The van der Waals surface area contributed by atoms with Crippen molar-refractivity contribution in [2.45, 2.75) is 38.1 Å². The summed E-state index contributed by atoms with van der Waals surface area (Å²) in [7, 11) is 3.90. The van der Waals surface area contributed by atoms with Crippen molar-refractivity contribution in [2.75, 3.05) is 14.1 Å². The Hall–Kier alpha value is -2.19. The molecule has 0 saturated carbocycles. The van der Waals surface area contributed by atoms with Crippen molar-refractivity contribution in [3.8, 4) is 12.3 Å². The van der Waals surface area contributed by atoms with Gasteiger partial charge in [-0.05, 0) is 36.6 Å². The summed E-state index contributed by atoms with van der Waals surface area (Å²) in [4.78, 5) is 7.65. The van der Waals surface area contributed by atoms with E-state index in [1.54, 1.807) is 6.34 Å².